The van der Waals surface area contributed by atoms with Gasteiger partial charge in [-0.25, -0.2) is 4.98 Å². The van der Waals surface area contributed by atoms with Gasteiger partial charge in [0.1, 0.15) is 0 Å². The lowest BCUT2D eigenvalue weighted by Gasteiger charge is -2.07. The number of non-ortho nitro benzene ring substituents is 1. The first-order chi connectivity index (χ1) is 13.3. The summed E-state index contributed by atoms with van der Waals surface area (Å²) in [5.74, 6) is -1.86. The molecule has 0 atom stereocenters. The standard InChI is InChI=1S/C9H3N13O6/c10-18-16-8-13-7(14-9(15-8)17-19-11)12-6-4(21(25)26)1-3(20(23)24)2-5(6)22(27)28/h1-2H,(H,12,13,14,15). The molecule has 2 rings (SSSR count). The van der Waals surface area contributed by atoms with Crippen LogP contribution in [0.2, 0.25) is 0 Å². The van der Waals surface area contributed by atoms with Crippen molar-refractivity contribution < 1.29 is 14.8 Å². The Hall–Kier alpha value is -5.15. The molecule has 1 heterocycles. The predicted molar refractivity (Wildman–Crippen MR) is 87.1 cm³/mol. The van der Waals surface area contributed by atoms with E-state index in [4.69, 9.17) is 11.1 Å². The summed E-state index contributed by atoms with van der Waals surface area (Å²) in [5, 5.41) is 41.6. The average molecular weight is 389 g/mol. The molecular formula is C9H3N13O6. The van der Waals surface area contributed by atoms with Crippen molar-refractivity contribution >= 4 is 40.6 Å². The Morgan fingerprint density at radius 2 is 1.32 bits per heavy atom. The summed E-state index contributed by atoms with van der Waals surface area (Å²) in [4.78, 5) is 45.4. The summed E-state index contributed by atoms with van der Waals surface area (Å²) < 4.78 is 0. The van der Waals surface area contributed by atoms with E-state index in [1.54, 1.807) is 0 Å². The zero-order chi connectivity index (χ0) is 20.8. The number of nitrogens with zero attached hydrogens (tertiary/aromatic N) is 12. The first kappa shape index (κ1) is 19.2. The molecule has 1 aromatic heterocycles. The normalized spacial score (nSPS) is 9.57. The summed E-state index contributed by atoms with van der Waals surface area (Å²) in [6.45, 7) is 0. The summed E-state index contributed by atoms with van der Waals surface area (Å²) in [6, 6.07) is 0.971. The topological polar surface area (TPSA) is 278 Å². The molecule has 0 aliphatic heterocycles. The molecule has 1 aromatic carbocycles. The molecule has 19 heteroatoms. The number of hydrogen-bond donors (Lipinski definition) is 1. The number of rotatable bonds is 7. The van der Waals surface area contributed by atoms with Gasteiger partial charge in [0.25, 0.3) is 5.69 Å². The van der Waals surface area contributed by atoms with E-state index < -0.39 is 55.4 Å². The number of nitro benzene ring substituents is 3. The van der Waals surface area contributed by atoms with E-state index in [0.717, 1.165) is 0 Å². The molecule has 0 fully saturated rings. The molecular weight excluding hydrogens is 386 g/mol. The van der Waals surface area contributed by atoms with E-state index in [-0.39, 0.29) is 0 Å². The van der Waals surface area contributed by atoms with Crippen LogP contribution in [0.4, 0.5) is 40.6 Å². The minimum Gasteiger partial charge on any atom is -0.313 e. The van der Waals surface area contributed by atoms with Gasteiger partial charge in [-0.15, -0.1) is 0 Å². The maximum Gasteiger partial charge on any atom is 0.306 e. The molecule has 0 radical (unpaired) electrons. The number of nitrogens with one attached hydrogen (secondary N) is 1. The van der Waals surface area contributed by atoms with Crippen molar-refractivity contribution in [3.05, 3.63) is 63.4 Å². The number of aromatic nitrogens is 3. The monoisotopic (exact) mass is 389 g/mol. The fraction of sp³-hybridized carbons (Fsp3) is 0. The second-order valence-electron chi connectivity index (χ2n) is 4.39. The maximum atomic E-state index is 11.2. The van der Waals surface area contributed by atoms with Crippen molar-refractivity contribution in [3.63, 3.8) is 0 Å². The number of nitro groups is 3. The minimum absolute atomic E-state index is 0.485. The lowest BCUT2D eigenvalue weighted by atomic mass is 10.2. The van der Waals surface area contributed by atoms with Gasteiger partial charge < -0.3 is 5.32 Å². The second-order valence-corrected chi connectivity index (χ2v) is 4.39. The molecule has 0 aliphatic carbocycles. The highest BCUT2D eigenvalue weighted by atomic mass is 16.6. The van der Waals surface area contributed by atoms with Gasteiger partial charge in [0.2, 0.25) is 17.8 Å². The van der Waals surface area contributed by atoms with Crippen LogP contribution >= 0.6 is 0 Å². The van der Waals surface area contributed by atoms with Gasteiger partial charge in [-0.1, -0.05) is 0 Å². The van der Waals surface area contributed by atoms with Gasteiger partial charge in [-0.3, -0.25) is 30.3 Å². The molecule has 0 saturated carbocycles. The number of hydrogen-bond acceptors (Lipinski definition) is 12. The maximum absolute atomic E-state index is 11.2. The molecule has 28 heavy (non-hydrogen) atoms. The Kier molecular flexibility index (Phi) is 5.36. The minimum atomic E-state index is -1.10. The van der Waals surface area contributed by atoms with Crippen LogP contribution in [0.3, 0.4) is 0 Å². The zero-order valence-electron chi connectivity index (χ0n) is 13.0. The Labute approximate surface area is 150 Å². The summed E-state index contributed by atoms with van der Waals surface area (Å²) in [5.41, 5.74) is 13.1. The largest absolute Gasteiger partial charge is 0.313 e. The molecule has 0 unspecified atom stereocenters. The van der Waals surface area contributed by atoms with E-state index in [1.807, 2.05) is 0 Å². The van der Waals surface area contributed by atoms with Gasteiger partial charge in [-0.05, 0) is 21.3 Å². The molecule has 19 nitrogen and oxygen atoms in total. The van der Waals surface area contributed by atoms with Crippen LogP contribution < -0.4 is 5.32 Å². The lowest BCUT2D eigenvalue weighted by molar-refractivity contribution is -0.401. The van der Waals surface area contributed by atoms with E-state index in [0.29, 0.717) is 12.1 Å². The lowest BCUT2D eigenvalue weighted by Crippen LogP contribution is -2.06. The number of anilines is 2. The smallest absolute Gasteiger partial charge is 0.306 e. The second kappa shape index (κ2) is 7.82. The van der Waals surface area contributed by atoms with Crippen molar-refractivity contribution in [2.45, 2.75) is 0 Å². The van der Waals surface area contributed by atoms with Gasteiger partial charge >= 0.3 is 11.4 Å². The van der Waals surface area contributed by atoms with Gasteiger partial charge in [0.05, 0.1) is 26.9 Å². The van der Waals surface area contributed by atoms with Crippen molar-refractivity contribution in [1.82, 2.24) is 15.0 Å². The number of azide groups is 2. The fourth-order valence-corrected chi connectivity index (χ4v) is 1.81. The van der Waals surface area contributed by atoms with Gasteiger partial charge in [0.15, 0.2) is 5.69 Å². The Bertz CT molecular complexity index is 1030. The van der Waals surface area contributed by atoms with Crippen LogP contribution in [-0.2, 0) is 0 Å². The predicted octanol–water partition coefficient (Wildman–Crippen LogP) is 3.22. The van der Waals surface area contributed by atoms with E-state index in [1.165, 1.54) is 0 Å². The molecule has 0 bridgehead atoms. The molecule has 140 valence electrons. The third kappa shape index (κ3) is 4.08. The van der Waals surface area contributed by atoms with Crippen molar-refractivity contribution in [2.24, 2.45) is 10.2 Å². The highest BCUT2D eigenvalue weighted by Crippen LogP contribution is 2.39. The Balaban J connectivity index is 2.73. The Morgan fingerprint density at radius 1 is 0.857 bits per heavy atom. The van der Waals surface area contributed by atoms with E-state index >= 15 is 0 Å². The van der Waals surface area contributed by atoms with Gasteiger partial charge in [-0.2, -0.15) is 9.97 Å². The first-order valence-corrected chi connectivity index (χ1v) is 6.51. The fourth-order valence-electron chi connectivity index (χ4n) is 1.81. The highest BCUT2D eigenvalue weighted by molar-refractivity contribution is 5.80. The summed E-state index contributed by atoms with van der Waals surface area (Å²) in [6.07, 6.45) is 0. The average Bonchev–Trinajstić information content (AvgIpc) is 2.61. The van der Waals surface area contributed by atoms with Crippen molar-refractivity contribution in [2.75, 3.05) is 5.32 Å². The first-order valence-electron chi connectivity index (χ1n) is 6.51. The van der Waals surface area contributed by atoms with E-state index in [2.05, 4.69) is 40.3 Å². The summed E-state index contributed by atoms with van der Waals surface area (Å²) >= 11 is 0. The Morgan fingerprint density at radius 3 is 1.68 bits per heavy atom. The zero-order valence-corrected chi connectivity index (χ0v) is 13.0. The van der Waals surface area contributed by atoms with E-state index in [9.17, 15) is 30.3 Å². The molecule has 0 amide bonds. The van der Waals surface area contributed by atoms with Crippen molar-refractivity contribution in [1.29, 1.82) is 0 Å². The highest BCUT2D eigenvalue weighted by Gasteiger charge is 2.31. The molecule has 0 saturated heterocycles. The van der Waals surface area contributed by atoms with Crippen molar-refractivity contribution in [3.8, 4) is 0 Å². The third-order valence-electron chi connectivity index (χ3n) is 2.80. The quantitative estimate of drug-likeness (QED) is 0.237. The van der Waals surface area contributed by atoms with Crippen LogP contribution in [0, 0.1) is 30.3 Å². The molecule has 0 aliphatic rings. The number of benzene rings is 1. The van der Waals surface area contributed by atoms with Crippen LogP contribution in [-0.4, -0.2) is 29.7 Å². The van der Waals surface area contributed by atoms with Crippen LogP contribution in [0.1, 0.15) is 0 Å². The SMILES string of the molecule is [N-]=[N+]=Nc1nc(N=[N+]=[N-])nc(Nc2c([N+](=O)[O-])cc([N+](=O)[O-])cc2[N+](=O)[O-])n1. The van der Waals surface area contributed by atoms with Gasteiger partial charge in [0, 0.05) is 9.82 Å². The molecule has 0 spiro atoms. The van der Waals surface area contributed by atoms with Crippen LogP contribution in [0.25, 0.3) is 20.9 Å². The summed E-state index contributed by atoms with van der Waals surface area (Å²) in [7, 11) is 0. The van der Waals surface area contributed by atoms with Crippen LogP contribution in [0.5, 0.6) is 0 Å². The van der Waals surface area contributed by atoms with Crippen LogP contribution in [0.15, 0.2) is 22.4 Å². The molecule has 1 N–H and O–H groups in total. The molecule has 2 aromatic rings. The third-order valence-corrected chi connectivity index (χ3v) is 2.80.